The normalized spacial score (nSPS) is 10.8. The summed E-state index contributed by atoms with van der Waals surface area (Å²) in [5.41, 5.74) is 0.562. The van der Waals surface area contributed by atoms with Crippen LogP contribution in [0.3, 0.4) is 0 Å². The average molecular weight is 291 g/mol. The number of H-pyrrole nitrogens is 1. The Labute approximate surface area is 117 Å². The highest BCUT2D eigenvalue weighted by Gasteiger charge is 2.22. The molecule has 0 spiro atoms. The Morgan fingerprint density at radius 2 is 2.10 bits per heavy atom. The van der Waals surface area contributed by atoms with E-state index in [0.717, 1.165) is 0 Å². The second kappa shape index (κ2) is 4.50. The molecule has 0 fully saturated rings. The Bertz CT molecular complexity index is 837. The molecule has 0 saturated heterocycles. The van der Waals surface area contributed by atoms with Gasteiger partial charge in [-0.1, -0.05) is 11.6 Å². The van der Waals surface area contributed by atoms with Crippen LogP contribution in [-0.4, -0.2) is 9.91 Å². The zero-order chi connectivity index (χ0) is 14.3. The Balaban J connectivity index is 2.24. The van der Waals surface area contributed by atoms with Crippen LogP contribution in [0.25, 0.3) is 22.6 Å². The molecule has 0 unspecified atom stereocenters. The number of nitrogens with one attached hydrogen (secondary N) is 1. The molecular formula is C13H7ClN2O4. The van der Waals surface area contributed by atoms with Crippen molar-refractivity contribution in [1.82, 2.24) is 4.98 Å². The summed E-state index contributed by atoms with van der Waals surface area (Å²) in [7, 11) is 0. The quantitative estimate of drug-likeness (QED) is 0.579. The molecule has 0 bridgehead atoms. The van der Waals surface area contributed by atoms with Crippen molar-refractivity contribution in [3.8, 4) is 22.6 Å². The Morgan fingerprint density at radius 1 is 1.30 bits per heavy atom. The Hall–Kier alpha value is -2.60. The first-order chi connectivity index (χ1) is 9.58. The SMILES string of the molecule is O=c1oc(-c2ccc(Cl)c([N+](=O)[O-])c2)c2[nH]cccc1-2. The molecule has 3 rings (SSSR count). The molecule has 2 aliphatic rings. The van der Waals surface area contributed by atoms with E-state index in [4.69, 9.17) is 16.0 Å². The number of halogens is 1. The van der Waals surface area contributed by atoms with Crippen molar-refractivity contribution < 1.29 is 9.34 Å². The van der Waals surface area contributed by atoms with Crippen LogP contribution in [-0.2, 0) is 0 Å². The fraction of sp³-hybridized carbons (Fsp3) is 0. The first-order valence-electron chi connectivity index (χ1n) is 5.62. The first kappa shape index (κ1) is 12.4. The lowest BCUT2D eigenvalue weighted by molar-refractivity contribution is -0.384. The summed E-state index contributed by atoms with van der Waals surface area (Å²) in [5, 5.41) is 10.9. The number of rotatable bonds is 2. The maximum atomic E-state index is 11.7. The second-order valence-electron chi connectivity index (χ2n) is 4.10. The number of nitro groups is 1. The maximum Gasteiger partial charge on any atom is 0.345 e. The van der Waals surface area contributed by atoms with Gasteiger partial charge in [0.2, 0.25) is 0 Å². The summed E-state index contributed by atoms with van der Waals surface area (Å²) >= 11 is 5.76. The van der Waals surface area contributed by atoms with Gasteiger partial charge in [-0.3, -0.25) is 10.1 Å². The lowest BCUT2D eigenvalue weighted by Gasteiger charge is -2.02. The van der Waals surface area contributed by atoms with Crippen LogP contribution in [0.1, 0.15) is 0 Å². The average Bonchev–Trinajstić information content (AvgIpc) is 2.77. The predicted octanol–water partition coefficient (Wildman–Crippen LogP) is 3.30. The van der Waals surface area contributed by atoms with Crippen LogP contribution in [0, 0.1) is 10.1 Å². The van der Waals surface area contributed by atoms with Crippen LogP contribution in [0.15, 0.2) is 45.7 Å². The van der Waals surface area contributed by atoms with Gasteiger partial charge in [0.1, 0.15) is 5.02 Å². The third-order valence-electron chi connectivity index (χ3n) is 2.90. The van der Waals surface area contributed by atoms with Crippen LogP contribution in [0.4, 0.5) is 5.69 Å². The van der Waals surface area contributed by atoms with Gasteiger partial charge in [0, 0.05) is 17.8 Å². The minimum Gasteiger partial charge on any atom is -0.420 e. The van der Waals surface area contributed by atoms with E-state index >= 15 is 0 Å². The largest absolute Gasteiger partial charge is 0.420 e. The van der Waals surface area contributed by atoms with Gasteiger partial charge in [0.15, 0.2) is 5.76 Å². The van der Waals surface area contributed by atoms with Crippen molar-refractivity contribution in [2.24, 2.45) is 0 Å². The lowest BCUT2D eigenvalue weighted by Crippen LogP contribution is -1.94. The van der Waals surface area contributed by atoms with E-state index in [1.54, 1.807) is 24.4 Å². The molecule has 1 aromatic rings. The van der Waals surface area contributed by atoms with Gasteiger partial charge in [-0.15, -0.1) is 0 Å². The highest BCUT2D eigenvalue weighted by Crippen LogP contribution is 2.34. The molecule has 0 atom stereocenters. The van der Waals surface area contributed by atoms with E-state index in [1.165, 1.54) is 12.1 Å². The molecule has 100 valence electrons. The van der Waals surface area contributed by atoms with Crippen molar-refractivity contribution in [3.63, 3.8) is 0 Å². The van der Waals surface area contributed by atoms with Crippen molar-refractivity contribution in [1.29, 1.82) is 0 Å². The van der Waals surface area contributed by atoms with E-state index in [1.807, 2.05) is 0 Å². The molecule has 20 heavy (non-hydrogen) atoms. The number of hydrogen-bond acceptors (Lipinski definition) is 4. The van der Waals surface area contributed by atoms with E-state index in [9.17, 15) is 14.9 Å². The molecule has 0 amide bonds. The highest BCUT2D eigenvalue weighted by molar-refractivity contribution is 6.32. The number of benzene rings is 1. The van der Waals surface area contributed by atoms with E-state index < -0.39 is 10.5 Å². The van der Waals surface area contributed by atoms with Crippen LogP contribution < -0.4 is 5.63 Å². The van der Waals surface area contributed by atoms with Gasteiger partial charge in [-0.25, -0.2) is 4.79 Å². The van der Waals surface area contributed by atoms with Gasteiger partial charge >= 0.3 is 5.63 Å². The molecular weight excluding hydrogens is 284 g/mol. The second-order valence-corrected chi connectivity index (χ2v) is 4.51. The monoisotopic (exact) mass is 290 g/mol. The van der Waals surface area contributed by atoms with Crippen LogP contribution >= 0.6 is 11.6 Å². The Kier molecular flexibility index (Phi) is 2.80. The van der Waals surface area contributed by atoms with Gasteiger partial charge < -0.3 is 9.40 Å². The first-order valence-corrected chi connectivity index (χ1v) is 6.00. The topological polar surface area (TPSA) is 89.1 Å². The summed E-state index contributed by atoms with van der Waals surface area (Å²) in [4.78, 5) is 24.9. The molecule has 0 aromatic heterocycles. The third kappa shape index (κ3) is 1.86. The number of nitrogens with zero attached hydrogens (tertiary/aromatic N) is 1. The predicted molar refractivity (Wildman–Crippen MR) is 73.1 cm³/mol. The molecule has 1 aromatic carbocycles. The summed E-state index contributed by atoms with van der Waals surface area (Å²) < 4.78 is 5.17. The summed E-state index contributed by atoms with van der Waals surface area (Å²) in [6, 6.07) is 7.53. The van der Waals surface area contributed by atoms with Crippen molar-refractivity contribution in [3.05, 3.63) is 62.1 Å². The van der Waals surface area contributed by atoms with Crippen molar-refractivity contribution in [2.45, 2.75) is 0 Å². The number of pyridine rings is 1. The minimum atomic E-state index is -0.585. The van der Waals surface area contributed by atoms with Crippen LogP contribution in [0.5, 0.6) is 0 Å². The Morgan fingerprint density at radius 3 is 2.85 bits per heavy atom. The van der Waals surface area contributed by atoms with Gasteiger partial charge in [-0.05, 0) is 24.3 Å². The highest BCUT2D eigenvalue weighted by atomic mass is 35.5. The van der Waals surface area contributed by atoms with Crippen molar-refractivity contribution >= 4 is 17.3 Å². The van der Waals surface area contributed by atoms with E-state index in [0.29, 0.717) is 16.8 Å². The molecule has 6 nitrogen and oxygen atoms in total. The summed E-state index contributed by atoms with van der Waals surface area (Å²) in [5.74, 6) is 0.255. The standard InChI is InChI=1S/C13H7ClN2O4/c14-9-4-3-7(6-10(9)16(18)19)12-11-8(13(17)20-12)2-1-5-15-11/h1-6,15H. The minimum absolute atomic E-state index is 0.0286. The maximum absolute atomic E-state index is 11.7. The molecule has 0 aliphatic carbocycles. The number of aromatic amines is 1. The number of furan rings is 1. The van der Waals surface area contributed by atoms with Crippen molar-refractivity contribution in [2.75, 3.05) is 0 Å². The number of fused-ring (bicyclic) bond motifs is 1. The smallest absolute Gasteiger partial charge is 0.345 e. The fourth-order valence-corrected chi connectivity index (χ4v) is 2.18. The molecule has 2 heterocycles. The van der Waals surface area contributed by atoms with Gasteiger partial charge in [0.05, 0.1) is 16.2 Å². The zero-order valence-electron chi connectivity index (χ0n) is 9.92. The molecule has 0 saturated carbocycles. The molecule has 0 radical (unpaired) electrons. The molecule has 2 aliphatic heterocycles. The number of nitro benzene ring substituents is 1. The van der Waals surface area contributed by atoms with Crippen LogP contribution in [0.2, 0.25) is 5.02 Å². The number of aromatic nitrogens is 1. The molecule has 1 N–H and O–H groups in total. The lowest BCUT2D eigenvalue weighted by atomic mass is 10.1. The molecule has 7 heteroatoms. The third-order valence-corrected chi connectivity index (χ3v) is 3.22. The van der Waals surface area contributed by atoms with E-state index in [2.05, 4.69) is 4.98 Å². The summed E-state index contributed by atoms with van der Waals surface area (Å²) in [6.07, 6.45) is 1.64. The fourth-order valence-electron chi connectivity index (χ4n) is 1.99. The zero-order valence-corrected chi connectivity index (χ0v) is 10.7. The van der Waals surface area contributed by atoms with Gasteiger partial charge in [-0.2, -0.15) is 0 Å². The summed E-state index contributed by atoms with van der Waals surface area (Å²) in [6.45, 7) is 0. The van der Waals surface area contributed by atoms with E-state index in [-0.39, 0.29) is 16.5 Å². The van der Waals surface area contributed by atoms with Gasteiger partial charge in [0.25, 0.3) is 5.69 Å². The number of hydrogen-bond donors (Lipinski definition) is 1.